The summed E-state index contributed by atoms with van der Waals surface area (Å²) in [4.78, 5) is 45.3. The molecule has 9 heteroatoms. The summed E-state index contributed by atoms with van der Waals surface area (Å²) in [6, 6.07) is 11.3. The number of ether oxygens (including phenoxy) is 2. The molecule has 8 nitrogen and oxygen atoms in total. The molecular formula is C30H28N2O6S. The number of hydrogen-bond acceptors (Lipinski definition) is 8. The highest BCUT2D eigenvalue weighted by molar-refractivity contribution is 7.17. The van der Waals surface area contributed by atoms with E-state index in [-0.39, 0.29) is 27.9 Å². The monoisotopic (exact) mass is 544 g/mol. The number of Topliss-reactive ketones (excluding diaryl/α,β-unsaturated/α-hetero) is 1. The van der Waals surface area contributed by atoms with E-state index in [0.29, 0.717) is 29.2 Å². The van der Waals surface area contributed by atoms with E-state index in [1.165, 1.54) is 11.0 Å². The Bertz CT molecular complexity index is 1500. The van der Waals surface area contributed by atoms with Gasteiger partial charge in [0.1, 0.15) is 29.6 Å². The summed E-state index contributed by atoms with van der Waals surface area (Å²) in [6.45, 7) is 12.9. The number of aliphatic hydroxyl groups is 1. The van der Waals surface area contributed by atoms with Crippen LogP contribution in [0.25, 0.3) is 5.76 Å². The first-order chi connectivity index (χ1) is 18.7. The highest BCUT2D eigenvalue weighted by Crippen LogP contribution is 2.44. The Hall–Kier alpha value is -4.50. The number of aliphatic hydroxyl groups excluding tert-OH is 1. The van der Waals surface area contributed by atoms with Crippen molar-refractivity contribution in [2.75, 3.05) is 18.1 Å². The number of rotatable bonds is 9. The number of benzene rings is 2. The van der Waals surface area contributed by atoms with Gasteiger partial charge in [0.25, 0.3) is 5.78 Å². The first-order valence-electron chi connectivity index (χ1n) is 12.2. The van der Waals surface area contributed by atoms with Crippen LogP contribution in [-0.2, 0) is 14.3 Å². The van der Waals surface area contributed by atoms with Crippen molar-refractivity contribution in [1.82, 2.24) is 4.98 Å². The Kier molecular flexibility index (Phi) is 8.11. The maximum absolute atomic E-state index is 13.4. The largest absolute Gasteiger partial charge is 0.507 e. The van der Waals surface area contributed by atoms with E-state index >= 15 is 0 Å². The van der Waals surface area contributed by atoms with Gasteiger partial charge in [-0.25, -0.2) is 9.78 Å². The normalized spacial score (nSPS) is 16.3. The fourth-order valence-electron chi connectivity index (χ4n) is 4.23. The van der Waals surface area contributed by atoms with Crippen LogP contribution in [0.4, 0.5) is 5.13 Å². The summed E-state index contributed by atoms with van der Waals surface area (Å²) in [5, 5.41) is 11.6. The fourth-order valence-corrected chi connectivity index (χ4v) is 5.22. The van der Waals surface area contributed by atoms with Gasteiger partial charge in [0.05, 0.1) is 17.3 Å². The van der Waals surface area contributed by atoms with Gasteiger partial charge in [-0.15, -0.1) is 0 Å². The second-order valence-electron chi connectivity index (χ2n) is 8.96. The summed E-state index contributed by atoms with van der Waals surface area (Å²) >= 11 is 0.948. The molecule has 1 aliphatic rings. The van der Waals surface area contributed by atoms with Crippen LogP contribution >= 0.6 is 11.3 Å². The summed E-state index contributed by atoms with van der Waals surface area (Å²) < 4.78 is 10.8. The van der Waals surface area contributed by atoms with E-state index in [1.54, 1.807) is 43.3 Å². The predicted molar refractivity (Wildman–Crippen MR) is 150 cm³/mol. The van der Waals surface area contributed by atoms with E-state index in [9.17, 15) is 19.5 Å². The number of esters is 1. The van der Waals surface area contributed by atoms with Crippen molar-refractivity contribution in [2.45, 2.75) is 26.8 Å². The van der Waals surface area contributed by atoms with Gasteiger partial charge < -0.3 is 14.6 Å². The van der Waals surface area contributed by atoms with Crippen LogP contribution < -0.4 is 9.64 Å². The minimum atomic E-state index is -0.967. The van der Waals surface area contributed by atoms with Crippen molar-refractivity contribution in [2.24, 2.45) is 0 Å². The maximum atomic E-state index is 13.4. The van der Waals surface area contributed by atoms with Gasteiger partial charge in [0.15, 0.2) is 5.13 Å². The van der Waals surface area contributed by atoms with Crippen molar-refractivity contribution in [3.63, 3.8) is 0 Å². The van der Waals surface area contributed by atoms with E-state index in [0.717, 1.165) is 22.5 Å². The third kappa shape index (κ3) is 5.39. The summed E-state index contributed by atoms with van der Waals surface area (Å²) in [5.74, 6) is -2.03. The molecule has 0 unspecified atom stereocenters. The van der Waals surface area contributed by atoms with Crippen LogP contribution in [0.3, 0.4) is 0 Å². The molecule has 39 heavy (non-hydrogen) atoms. The Morgan fingerprint density at radius 1 is 1.08 bits per heavy atom. The number of nitrogens with zero attached hydrogens (tertiary/aromatic N) is 2. The highest BCUT2D eigenvalue weighted by atomic mass is 32.1. The quantitative estimate of drug-likeness (QED) is 0.123. The van der Waals surface area contributed by atoms with Gasteiger partial charge in [-0.05, 0) is 50.1 Å². The summed E-state index contributed by atoms with van der Waals surface area (Å²) in [5.41, 5.74) is 2.97. The van der Waals surface area contributed by atoms with Crippen LogP contribution in [0.1, 0.15) is 43.7 Å². The van der Waals surface area contributed by atoms with Crippen molar-refractivity contribution < 1.29 is 29.0 Å². The molecule has 1 N–H and O–H groups in total. The van der Waals surface area contributed by atoms with Crippen molar-refractivity contribution in [3.8, 4) is 5.75 Å². The molecule has 2 heterocycles. The number of carbonyl (C=O) groups is 3. The SMILES string of the molecule is C=CCOC(=O)c1sc(N2C(=O)C(=O)C(=C(O)c3ccc(OCC=C)c(C)c3)[C@@H]2c2ccc(C)cc2)nc1C. The standard InChI is InChI=1S/C30H28N2O6S/c1-6-14-37-22-13-12-21(16-18(22)4)25(33)23-24(20-10-8-17(3)9-11-20)32(28(35)26(23)34)30-31-19(5)27(39-30)29(36)38-15-7-2/h6-13,16,24,33H,1-2,14-15H2,3-5H3/t24-/m0/s1. The highest BCUT2D eigenvalue weighted by Gasteiger charge is 2.48. The molecular weight excluding hydrogens is 516 g/mol. The van der Waals surface area contributed by atoms with Gasteiger partial charge >= 0.3 is 11.9 Å². The average Bonchev–Trinajstić information content (AvgIpc) is 3.43. The van der Waals surface area contributed by atoms with Crippen LogP contribution in [0.2, 0.25) is 0 Å². The lowest BCUT2D eigenvalue weighted by Gasteiger charge is -2.23. The van der Waals surface area contributed by atoms with Gasteiger partial charge in [0, 0.05) is 5.56 Å². The molecule has 0 saturated carbocycles. The molecule has 1 atom stereocenters. The first-order valence-corrected chi connectivity index (χ1v) is 13.0. The molecule has 1 aromatic heterocycles. The second kappa shape index (κ2) is 11.5. The fraction of sp³-hybridized carbons (Fsp3) is 0.200. The number of ketones is 1. The topological polar surface area (TPSA) is 106 Å². The number of aromatic nitrogens is 1. The van der Waals surface area contributed by atoms with Crippen LogP contribution in [0.5, 0.6) is 5.75 Å². The van der Waals surface area contributed by atoms with E-state index in [1.807, 2.05) is 26.0 Å². The molecule has 1 amide bonds. The summed E-state index contributed by atoms with van der Waals surface area (Å²) in [7, 11) is 0. The molecule has 1 aliphatic heterocycles. The number of carbonyl (C=O) groups excluding carboxylic acids is 3. The molecule has 0 bridgehead atoms. The van der Waals surface area contributed by atoms with Crippen molar-refractivity contribution in [1.29, 1.82) is 0 Å². The number of hydrogen-bond donors (Lipinski definition) is 1. The van der Waals surface area contributed by atoms with Gasteiger partial charge in [-0.2, -0.15) is 0 Å². The molecule has 0 radical (unpaired) electrons. The molecule has 0 spiro atoms. The van der Waals surface area contributed by atoms with E-state index in [4.69, 9.17) is 9.47 Å². The maximum Gasteiger partial charge on any atom is 0.350 e. The van der Waals surface area contributed by atoms with Crippen LogP contribution in [0.15, 0.2) is 73.3 Å². The van der Waals surface area contributed by atoms with E-state index < -0.39 is 23.7 Å². The number of anilines is 1. The number of thiazole rings is 1. The molecule has 0 aliphatic carbocycles. The smallest absolute Gasteiger partial charge is 0.350 e. The summed E-state index contributed by atoms with van der Waals surface area (Å²) in [6.07, 6.45) is 3.08. The predicted octanol–water partition coefficient (Wildman–Crippen LogP) is 5.60. The molecule has 3 aromatic rings. The average molecular weight is 545 g/mol. The van der Waals surface area contributed by atoms with Gasteiger partial charge in [-0.1, -0.05) is 66.5 Å². The van der Waals surface area contributed by atoms with Crippen molar-refractivity contribution in [3.05, 3.63) is 106 Å². The lowest BCUT2D eigenvalue weighted by atomic mass is 9.94. The van der Waals surface area contributed by atoms with Gasteiger partial charge in [0.2, 0.25) is 0 Å². The molecule has 4 rings (SSSR count). The van der Waals surface area contributed by atoms with Crippen LogP contribution in [0, 0.1) is 20.8 Å². The second-order valence-corrected chi connectivity index (χ2v) is 9.94. The minimum absolute atomic E-state index is 0.0240. The number of amides is 1. The first kappa shape index (κ1) is 27.5. The molecule has 200 valence electrons. The lowest BCUT2D eigenvalue weighted by Crippen LogP contribution is -2.29. The third-order valence-corrected chi connectivity index (χ3v) is 7.29. The Labute approximate surface area is 230 Å². The molecule has 2 aromatic carbocycles. The minimum Gasteiger partial charge on any atom is -0.507 e. The zero-order chi connectivity index (χ0) is 28.3. The van der Waals surface area contributed by atoms with Gasteiger partial charge in [-0.3, -0.25) is 14.5 Å². The zero-order valence-corrected chi connectivity index (χ0v) is 22.7. The van der Waals surface area contributed by atoms with Crippen LogP contribution in [-0.4, -0.2) is 41.0 Å². The third-order valence-electron chi connectivity index (χ3n) is 6.15. The Balaban J connectivity index is 1.85. The Morgan fingerprint density at radius 2 is 1.77 bits per heavy atom. The molecule has 1 saturated heterocycles. The lowest BCUT2D eigenvalue weighted by molar-refractivity contribution is -0.132. The number of aryl methyl sites for hydroxylation is 3. The Morgan fingerprint density at radius 3 is 2.41 bits per heavy atom. The van der Waals surface area contributed by atoms with Crippen molar-refractivity contribution >= 4 is 39.9 Å². The molecule has 1 fully saturated rings. The van der Waals surface area contributed by atoms with E-state index in [2.05, 4.69) is 18.1 Å². The zero-order valence-electron chi connectivity index (χ0n) is 21.9.